The molecule has 5 nitrogen and oxygen atoms in total. The van der Waals surface area contributed by atoms with Crippen LogP contribution in [0.4, 0.5) is 0 Å². The van der Waals surface area contributed by atoms with Crippen LogP contribution in [-0.4, -0.2) is 41.1 Å². The first-order chi connectivity index (χ1) is 12.9. The van der Waals surface area contributed by atoms with Gasteiger partial charge in [0.05, 0.1) is 10.5 Å². The molecule has 0 bridgehead atoms. The molecule has 2 aromatic rings. The Morgan fingerprint density at radius 1 is 1.15 bits per heavy atom. The number of hydrogen-bond donors (Lipinski definition) is 1. The van der Waals surface area contributed by atoms with Crippen molar-refractivity contribution in [1.29, 1.82) is 0 Å². The molecule has 2 heterocycles. The van der Waals surface area contributed by atoms with Gasteiger partial charge in [0.25, 0.3) is 10.0 Å². The van der Waals surface area contributed by atoms with Crippen LogP contribution in [0.1, 0.15) is 38.3 Å². The van der Waals surface area contributed by atoms with E-state index in [2.05, 4.69) is 11.8 Å². The van der Waals surface area contributed by atoms with Gasteiger partial charge >= 0.3 is 0 Å². The van der Waals surface area contributed by atoms with Crippen molar-refractivity contribution in [3.8, 4) is 0 Å². The number of benzene rings is 1. The molecule has 0 spiro atoms. The van der Waals surface area contributed by atoms with Gasteiger partial charge in [-0.2, -0.15) is 0 Å². The van der Waals surface area contributed by atoms with Gasteiger partial charge in [-0.05, 0) is 49.4 Å². The van der Waals surface area contributed by atoms with Crippen molar-refractivity contribution in [2.24, 2.45) is 11.8 Å². The van der Waals surface area contributed by atoms with E-state index >= 15 is 0 Å². The van der Waals surface area contributed by atoms with Crippen molar-refractivity contribution in [3.63, 3.8) is 0 Å². The second-order valence-electron chi connectivity index (χ2n) is 8.02. The summed E-state index contributed by atoms with van der Waals surface area (Å²) in [6.07, 6.45) is 5.55. The molecule has 146 valence electrons. The fourth-order valence-corrected chi connectivity index (χ4v) is 6.37. The van der Waals surface area contributed by atoms with Gasteiger partial charge in [-0.15, -0.1) is 0 Å². The Hall–Kier alpha value is -1.63. The highest BCUT2D eigenvalue weighted by atomic mass is 32.2. The van der Waals surface area contributed by atoms with Gasteiger partial charge in [-0.3, -0.25) is 4.90 Å². The predicted molar refractivity (Wildman–Crippen MR) is 105 cm³/mol. The second kappa shape index (κ2) is 7.08. The highest BCUT2D eigenvalue weighted by Crippen LogP contribution is 2.44. The summed E-state index contributed by atoms with van der Waals surface area (Å²) in [7, 11) is -3.58. The molecule has 1 saturated heterocycles. The molecular formula is C21H28N2O3S. The monoisotopic (exact) mass is 388 g/mol. The average Bonchev–Trinajstić information content (AvgIpc) is 3.31. The largest absolute Gasteiger partial charge is 0.390 e. The quantitative estimate of drug-likeness (QED) is 0.855. The minimum Gasteiger partial charge on any atom is -0.390 e. The summed E-state index contributed by atoms with van der Waals surface area (Å²) in [5, 5.41) is 11.0. The summed E-state index contributed by atoms with van der Waals surface area (Å²) >= 11 is 0. The lowest BCUT2D eigenvalue weighted by Gasteiger charge is -2.40. The molecular weight excluding hydrogens is 360 g/mol. The van der Waals surface area contributed by atoms with E-state index in [-0.39, 0.29) is 0 Å². The second-order valence-corrected chi connectivity index (χ2v) is 9.84. The summed E-state index contributed by atoms with van der Waals surface area (Å²) < 4.78 is 27.4. The Labute approximate surface area is 161 Å². The van der Waals surface area contributed by atoms with E-state index in [1.54, 1.807) is 36.5 Å². The molecule has 1 aromatic carbocycles. The molecule has 0 radical (unpaired) electrons. The van der Waals surface area contributed by atoms with E-state index in [1.807, 2.05) is 12.1 Å². The number of nitrogens with zero attached hydrogens (tertiary/aromatic N) is 2. The number of aliphatic hydroxyl groups is 1. The SMILES string of the molecule is CC[C@@]1(O)CCC[C@@H]2CN(Cc3cccn3S(=O)(=O)c3ccccc3)C[C@@H]21. The van der Waals surface area contributed by atoms with Crippen LogP contribution < -0.4 is 0 Å². The molecule has 27 heavy (non-hydrogen) atoms. The van der Waals surface area contributed by atoms with Crippen LogP contribution >= 0.6 is 0 Å². The number of hydrogen-bond acceptors (Lipinski definition) is 4. The minimum atomic E-state index is -3.58. The smallest absolute Gasteiger partial charge is 0.267 e. The van der Waals surface area contributed by atoms with Crippen molar-refractivity contribution in [2.45, 2.75) is 49.6 Å². The first-order valence-electron chi connectivity index (χ1n) is 9.85. The van der Waals surface area contributed by atoms with Gasteiger partial charge in [0, 0.05) is 37.4 Å². The van der Waals surface area contributed by atoms with Crippen LogP contribution in [0.2, 0.25) is 0 Å². The zero-order valence-corrected chi connectivity index (χ0v) is 16.6. The Morgan fingerprint density at radius 3 is 2.67 bits per heavy atom. The van der Waals surface area contributed by atoms with Gasteiger partial charge in [-0.25, -0.2) is 12.4 Å². The molecule has 2 aliphatic rings. The highest BCUT2D eigenvalue weighted by Gasteiger charge is 2.47. The molecule has 6 heteroatoms. The van der Waals surface area contributed by atoms with Crippen molar-refractivity contribution < 1.29 is 13.5 Å². The van der Waals surface area contributed by atoms with E-state index in [0.717, 1.165) is 44.5 Å². The molecule has 1 N–H and O–H groups in total. The maximum absolute atomic E-state index is 13.0. The normalized spacial score (nSPS) is 29.0. The number of aromatic nitrogens is 1. The van der Waals surface area contributed by atoms with E-state index in [9.17, 15) is 13.5 Å². The molecule has 0 amide bonds. The lowest BCUT2D eigenvalue weighted by Crippen LogP contribution is -2.44. The first-order valence-corrected chi connectivity index (χ1v) is 11.3. The van der Waals surface area contributed by atoms with Crippen LogP contribution in [-0.2, 0) is 16.6 Å². The van der Waals surface area contributed by atoms with Crippen LogP contribution in [0, 0.1) is 11.8 Å². The summed E-state index contributed by atoms with van der Waals surface area (Å²) in [6, 6.07) is 12.2. The van der Waals surface area contributed by atoms with Crippen molar-refractivity contribution >= 4 is 10.0 Å². The van der Waals surface area contributed by atoms with E-state index in [0.29, 0.717) is 23.3 Å². The molecule has 0 unspecified atom stereocenters. The Kier molecular flexibility index (Phi) is 4.91. The summed E-state index contributed by atoms with van der Waals surface area (Å²) in [4.78, 5) is 2.62. The molecule has 1 aromatic heterocycles. The third-order valence-corrected chi connectivity index (χ3v) is 8.22. The molecule has 1 aliphatic heterocycles. The molecule has 1 aliphatic carbocycles. The topological polar surface area (TPSA) is 62.5 Å². The van der Waals surface area contributed by atoms with Gasteiger partial charge in [0.2, 0.25) is 0 Å². The molecule has 2 fully saturated rings. The number of fused-ring (bicyclic) bond motifs is 1. The summed E-state index contributed by atoms with van der Waals surface area (Å²) in [5.74, 6) is 0.809. The van der Waals surface area contributed by atoms with Crippen LogP contribution in [0.3, 0.4) is 0 Å². The first kappa shape index (κ1) is 18.7. The Bertz CT molecular complexity index is 893. The summed E-state index contributed by atoms with van der Waals surface area (Å²) in [5.41, 5.74) is 0.216. The van der Waals surface area contributed by atoms with Crippen LogP contribution in [0.25, 0.3) is 0 Å². The van der Waals surface area contributed by atoms with Crippen molar-refractivity contribution in [3.05, 3.63) is 54.4 Å². The maximum atomic E-state index is 13.0. The fraction of sp³-hybridized carbons (Fsp3) is 0.524. The maximum Gasteiger partial charge on any atom is 0.267 e. The van der Waals surface area contributed by atoms with Crippen LogP contribution in [0.15, 0.2) is 53.6 Å². The van der Waals surface area contributed by atoms with E-state index < -0.39 is 15.6 Å². The number of likely N-dealkylation sites (tertiary alicyclic amines) is 1. The van der Waals surface area contributed by atoms with Crippen molar-refractivity contribution in [2.75, 3.05) is 13.1 Å². The van der Waals surface area contributed by atoms with Crippen molar-refractivity contribution in [1.82, 2.24) is 8.87 Å². The summed E-state index contributed by atoms with van der Waals surface area (Å²) in [6.45, 7) is 4.43. The lowest BCUT2D eigenvalue weighted by molar-refractivity contribution is -0.0613. The zero-order valence-electron chi connectivity index (χ0n) is 15.8. The predicted octanol–water partition coefficient (Wildman–Crippen LogP) is 3.10. The van der Waals surface area contributed by atoms with Gasteiger partial charge < -0.3 is 5.11 Å². The van der Waals surface area contributed by atoms with Crippen LogP contribution in [0.5, 0.6) is 0 Å². The molecule has 4 rings (SSSR count). The molecule has 3 atom stereocenters. The van der Waals surface area contributed by atoms with E-state index in [1.165, 1.54) is 3.97 Å². The molecule has 1 saturated carbocycles. The van der Waals surface area contributed by atoms with Gasteiger partial charge in [-0.1, -0.05) is 31.5 Å². The zero-order chi connectivity index (χ0) is 19.1. The third kappa shape index (κ3) is 3.35. The standard InChI is InChI=1S/C21H28N2O3S/c1-2-21(24)12-6-8-17-14-22(16-20(17)21)15-18-9-7-13-23(18)27(25,26)19-10-4-3-5-11-19/h3-5,7,9-11,13,17,20,24H,2,6,8,12,14-16H2,1H3/t17-,20+,21-/m1/s1. The lowest BCUT2D eigenvalue weighted by atomic mass is 9.69. The fourth-order valence-electron chi connectivity index (χ4n) is 4.98. The highest BCUT2D eigenvalue weighted by molar-refractivity contribution is 7.90. The number of rotatable bonds is 5. The Morgan fingerprint density at radius 2 is 1.93 bits per heavy atom. The third-order valence-electron chi connectivity index (χ3n) is 6.48. The van der Waals surface area contributed by atoms with Gasteiger partial charge in [0.1, 0.15) is 0 Å². The average molecular weight is 389 g/mol. The Balaban J connectivity index is 1.55. The van der Waals surface area contributed by atoms with Gasteiger partial charge in [0.15, 0.2) is 0 Å². The van der Waals surface area contributed by atoms with E-state index in [4.69, 9.17) is 0 Å². The minimum absolute atomic E-state index is 0.297.